The van der Waals surface area contributed by atoms with Gasteiger partial charge in [0.2, 0.25) is 0 Å². The Morgan fingerprint density at radius 3 is 1.37 bits per heavy atom. The van der Waals surface area contributed by atoms with Crippen LogP contribution in [0, 0.1) is 5.92 Å². The van der Waals surface area contributed by atoms with Gasteiger partial charge in [-0.15, -0.1) is 0 Å². The van der Waals surface area contributed by atoms with Gasteiger partial charge in [-0.25, -0.2) is 0 Å². The maximum Gasteiger partial charge on any atom is 0.151 e. The molecule has 0 fully saturated rings. The van der Waals surface area contributed by atoms with E-state index < -0.39 is 0 Å². The first-order chi connectivity index (χ1) is 31.5. The number of hydrogen-bond acceptors (Lipinski definition) is 2. The molecule has 0 atom stereocenters. The summed E-state index contributed by atoms with van der Waals surface area (Å²) >= 11 is 0. The minimum absolute atomic E-state index is 0. The van der Waals surface area contributed by atoms with Crippen LogP contribution in [0.2, 0.25) is 59.9 Å². The second kappa shape index (κ2) is 33.2. The predicted octanol–water partition coefficient (Wildman–Crippen LogP) is 11.1. The van der Waals surface area contributed by atoms with Gasteiger partial charge >= 0.3 is 0 Å². The summed E-state index contributed by atoms with van der Waals surface area (Å²) in [4.78, 5) is 8.47. The van der Waals surface area contributed by atoms with Crippen LogP contribution in [0.1, 0.15) is 33.4 Å². The third-order valence-electron chi connectivity index (χ3n) is 13.1. The molecule has 0 aliphatic heterocycles. The van der Waals surface area contributed by atoms with E-state index in [2.05, 4.69) is 214 Å². The van der Waals surface area contributed by atoms with Crippen LogP contribution in [0.3, 0.4) is 0 Å². The van der Waals surface area contributed by atoms with Gasteiger partial charge in [0.15, 0.2) is 7.28 Å². The zero-order valence-corrected chi connectivity index (χ0v) is 58.8. The van der Waals surface area contributed by atoms with Gasteiger partial charge in [0, 0.05) is 209 Å². The van der Waals surface area contributed by atoms with Gasteiger partial charge in [0.1, 0.15) is 36.4 Å². The van der Waals surface area contributed by atoms with Crippen LogP contribution in [-0.2, 0) is 208 Å². The molecule has 0 amide bonds. The molecular formula is C56H54B6N2Y6. The molecule has 3 aliphatic carbocycles. The van der Waals surface area contributed by atoms with E-state index in [1.807, 2.05) is 32.3 Å². The topological polar surface area (TPSA) is 25.8 Å². The largest absolute Gasteiger partial charge is 0.254 e. The fourth-order valence-electron chi connectivity index (χ4n) is 10.2. The van der Waals surface area contributed by atoms with E-state index >= 15 is 0 Å². The normalized spacial score (nSPS) is 11.2. The summed E-state index contributed by atoms with van der Waals surface area (Å²) in [5.41, 5.74) is 22.3. The van der Waals surface area contributed by atoms with Gasteiger partial charge < -0.3 is 0 Å². The van der Waals surface area contributed by atoms with Gasteiger partial charge in [-0.05, 0) is 79.2 Å². The number of hydrogen-bond donors (Lipinski definition) is 0. The van der Waals surface area contributed by atoms with Crippen LogP contribution in [0.5, 0.6) is 0 Å². The Labute approximate surface area is 575 Å². The SMILES string of the molecule is C[B]CC(C[B]C)C[B]C.C[B]c1ccc2c(c1)C1(c3ccccc3-c3ccccc31)c1ccccc1-2.C[B]c1ccc2c(c1)Cc1ccccc1-2.C[B]c1cccc2nccnc12.[Y].[Y].[Y].[Y].[Y].[Y]. The molecule has 2 nitrogen and oxygen atoms in total. The van der Waals surface area contributed by atoms with Crippen LogP contribution >= 0.6 is 0 Å². The summed E-state index contributed by atoms with van der Waals surface area (Å²) in [6.07, 6.45) is 8.29. The summed E-state index contributed by atoms with van der Waals surface area (Å²) in [6.45, 7) is 12.6. The quantitative estimate of drug-likeness (QED) is 0.135. The second-order valence-corrected chi connectivity index (χ2v) is 16.9. The molecule has 70 heavy (non-hydrogen) atoms. The number of para-hydroxylation sites is 1. The van der Waals surface area contributed by atoms with Crippen molar-refractivity contribution in [2.24, 2.45) is 5.92 Å². The number of nitrogens with zero attached hydrogens (tertiary/aromatic N) is 2. The molecule has 0 bridgehead atoms. The van der Waals surface area contributed by atoms with Crippen molar-refractivity contribution in [3.8, 4) is 33.4 Å². The van der Waals surface area contributed by atoms with E-state index in [4.69, 9.17) is 0 Å². The molecule has 14 heteroatoms. The van der Waals surface area contributed by atoms with Crippen molar-refractivity contribution in [2.75, 3.05) is 0 Å². The molecule has 7 aromatic carbocycles. The van der Waals surface area contributed by atoms with Crippen molar-refractivity contribution in [3.05, 3.63) is 197 Å². The second-order valence-electron chi connectivity index (χ2n) is 16.9. The summed E-state index contributed by atoms with van der Waals surface area (Å²) in [5.74, 6) is 0.861. The molecular weight excluding hydrogens is 1300 g/mol. The van der Waals surface area contributed by atoms with E-state index in [0.29, 0.717) is 0 Å². The van der Waals surface area contributed by atoms with Crippen molar-refractivity contribution in [1.82, 2.24) is 9.97 Å². The molecule has 0 saturated carbocycles. The molecule has 1 heterocycles. The Balaban J connectivity index is 0.000000338. The Bertz CT molecular complexity index is 2800. The Kier molecular flexibility index (Phi) is 31.8. The molecule has 1 aromatic heterocycles. The summed E-state index contributed by atoms with van der Waals surface area (Å²) in [6, 6.07) is 55.2. The monoisotopic (exact) mass is 1350 g/mol. The zero-order valence-electron chi connectivity index (χ0n) is 41.8. The minimum Gasteiger partial charge on any atom is -0.254 e. The molecule has 12 radical (unpaired) electrons. The first kappa shape index (κ1) is 67.0. The molecule has 1 spiro atoms. The van der Waals surface area contributed by atoms with E-state index in [9.17, 15) is 0 Å². The summed E-state index contributed by atoms with van der Waals surface area (Å²) < 4.78 is 0. The standard InChI is InChI=1S/C26H18B.C14H12B.C9H8BN2.C7H16B3.6Y/c1-27-17-14-15-21-20-10-4-7-13-24(20)26(25(21)16-17)22-11-5-2-8-18(22)19-9-3-6-12-23(19)26;1-15-12-6-7-14-11(9-12)8-10-4-2-3-5-13(10)14;1-10-7-3-2-4-8-9(7)12-6-5-11-8;1-8-4-7(5-9-2)6-10-3;;;;;;/h2-16H,1H3;2-7,9H,8H2,1H3;2-6H,1H3;7H,4-6H2,1-3H3;;;;;;. The zero-order chi connectivity index (χ0) is 44.5. The molecule has 0 N–H and O–H groups in total. The predicted molar refractivity (Wildman–Crippen MR) is 283 cm³/mol. The third-order valence-corrected chi connectivity index (χ3v) is 13.1. The maximum absolute atomic E-state index is 4.26. The van der Waals surface area contributed by atoms with Gasteiger partial charge in [-0.2, -0.15) is 0 Å². The molecule has 324 valence electrons. The van der Waals surface area contributed by atoms with Crippen LogP contribution in [-0.4, -0.2) is 53.6 Å². The van der Waals surface area contributed by atoms with Crippen LogP contribution < -0.4 is 16.4 Å². The van der Waals surface area contributed by atoms with E-state index in [1.54, 1.807) is 12.4 Å². The van der Waals surface area contributed by atoms with Gasteiger partial charge in [-0.1, -0.05) is 228 Å². The fourth-order valence-corrected chi connectivity index (χ4v) is 10.2. The van der Waals surface area contributed by atoms with Crippen LogP contribution in [0.25, 0.3) is 44.4 Å². The molecule has 3 aliphatic rings. The Morgan fingerprint density at radius 1 is 0.414 bits per heavy atom. The number of fused-ring (bicyclic) bond motifs is 14. The number of aromatic nitrogens is 2. The molecule has 0 saturated heterocycles. The van der Waals surface area contributed by atoms with Gasteiger partial charge in [0.05, 0.1) is 16.4 Å². The van der Waals surface area contributed by atoms with E-state index in [-0.39, 0.29) is 202 Å². The smallest absolute Gasteiger partial charge is 0.151 e. The Hall–Kier alpha value is 0.893. The molecule has 0 unspecified atom stereocenters. The maximum atomic E-state index is 4.26. The number of benzene rings is 7. The average Bonchev–Trinajstić information content (AvgIpc) is 3.98. The summed E-state index contributed by atoms with van der Waals surface area (Å²) in [7, 11) is 13.2. The van der Waals surface area contributed by atoms with Crippen LogP contribution in [0.15, 0.2) is 164 Å². The van der Waals surface area contributed by atoms with Crippen molar-refractivity contribution in [1.29, 1.82) is 0 Å². The minimum atomic E-state index is -0.210. The molecule has 8 aromatic rings. The summed E-state index contributed by atoms with van der Waals surface area (Å²) in [5, 5.41) is 0. The first-order valence-electron chi connectivity index (χ1n) is 23.1. The number of rotatable bonds is 9. The van der Waals surface area contributed by atoms with Crippen molar-refractivity contribution in [3.63, 3.8) is 0 Å². The van der Waals surface area contributed by atoms with Gasteiger partial charge in [-0.3, -0.25) is 9.97 Å². The van der Waals surface area contributed by atoms with Crippen molar-refractivity contribution >= 4 is 71.1 Å². The third kappa shape index (κ3) is 14.7. The average molecular weight is 1350 g/mol. The first-order valence-corrected chi connectivity index (χ1v) is 23.1. The molecule has 11 rings (SSSR count). The van der Waals surface area contributed by atoms with Crippen molar-refractivity contribution in [2.45, 2.75) is 71.7 Å². The van der Waals surface area contributed by atoms with Crippen LogP contribution in [0.4, 0.5) is 0 Å². The van der Waals surface area contributed by atoms with E-state index in [0.717, 1.165) is 28.8 Å². The Morgan fingerprint density at radius 2 is 0.857 bits per heavy atom. The fraction of sp³-hybridized carbons (Fsp3) is 0.214. The van der Waals surface area contributed by atoms with E-state index in [1.165, 1.54) is 96.6 Å². The van der Waals surface area contributed by atoms with Gasteiger partial charge in [0.25, 0.3) is 0 Å². The van der Waals surface area contributed by atoms with Crippen molar-refractivity contribution < 1.29 is 196 Å².